The molecule has 1 aromatic heterocycles. The fourth-order valence-corrected chi connectivity index (χ4v) is 1.39. The van der Waals surface area contributed by atoms with Crippen molar-refractivity contribution in [2.45, 2.75) is 39.3 Å². The largest absolute Gasteiger partial charge is 0.312 e. The van der Waals surface area contributed by atoms with E-state index in [-0.39, 0.29) is 0 Å². The van der Waals surface area contributed by atoms with Crippen LogP contribution in [0.15, 0.2) is 18.5 Å². The third-order valence-electron chi connectivity index (χ3n) is 2.11. The Balaban J connectivity index is 2.07. The number of rotatable bonds is 6. The molecule has 3 heteroatoms. The molecule has 1 aromatic rings. The van der Waals surface area contributed by atoms with Crippen LogP contribution in [0.2, 0.25) is 0 Å². The Labute approximate surface area is 80.1 Å². The van der Waals surface area contributed by atoms with Gasteiger partial charge in [-0.2, -0.15) is 5.10 Å². The Bertz CT molecular complexity index is 206. The van der Waals surface area contributed by atoms with E-state index in [0.29, 0.717) is 6.04 Å². The van der Waals surface area contributed by atoms with E-state index in [1.165, 1.54) is 12.8 Å². The molecule has 0 radical (unpaired) electrons. The first-order valence-corrected chi connectivity index (χ1v) is 5.03. The Hall–Kier alpha value is -0.830. The molecule has 0 spiro atoms. The minimum Gasteiger partial charge on any atom is -0.312 e. The Morgan fingerprint density at radius 1 is 1.54 bits per heavy atom. The molecule has 0 bridgehead atoms. The van der Waals surface area contributed by atoms with Crippen molar-refractivity contribution in [1.82, 2.24) is 15.1 Å². The van der Waals surface area contributed by atoms with Crippen LogP contribution in [0, 0.1) is 0 Å². The third-order valence-corrected chi connectivity index (χ3v) is 2.11. The molecule has 0 aliphatic carbocycles. The second kappa shape index (κ2) is 5.75. The average molecular weight is 181 g/mol. The summed E-state index contributed by atoms with van der Waals surface area (Å²) >= 11 is 0. The fraction of sp³-hybridized carbons (Fsp3) is 0.700. The molecule has 1 rings (SSSR count). The third kappa shape index (κ3) is 4.08. The first-order chi connectivity index (χ1) is 6.33. The summed E-state index contributed by atoms with van der Waals surface area (Å²) in [5.74, 6) is 0. The lowest BCUT2D eigenvalue weighted by atomic mass is 10.2. The molecule has 1 atom stereocenters. The van der Waals surface area contributed by atoms with E-state index < -0.39 is 0 Å². The zero-order chi connectivity index (χ0) is 9.52. The van der Waals surface area contributed by atoms with Gasteiger partial charge in [-0.1, -0.05) is 13.3 Å². The normalized spacial score (nSPS) is 13.1. The van der Waals surface area contributed by atoms with Crippen LogP contribution in [-0.4, -0.2) is 22.4 Å². The maximum absolute atomic E-state index is 4.14. The molecule has 0 amide bonds. The van der Waals surface area contributed by atoms with Crippen LogP contribution < -0.4 is 5.32 Å². The summed E-state index contributed by atoms with van der Waals surface area (Å²) in [6.07, 6.45) is 6.30. The van der Waals surface area contributed by atoms with E-state index in [2.05, 4.69) is 24.3 Å². The first kappa shape index (κ1) is 10.3. The van der Waals surface area contributed by atoms with E-state index in [9.17, 15) is 0 Å². The van der Waals surface area contributed by atoms with E-state index >= 15 is 0 Å². The van der Waals surface area contributed by atoms with Gasteiger partial charge in [0.25, 0.3) is 0 Å². The highest BCUT2D eigenvalue weighted by molar-refractivity contribution is 4.77. The second-order valence-corrected chi connectivity index (χ2v) is 3.41. The van der Waals surface area contributed by atoms with Crippen LogP contribution >= 0.6 is 0 Å². The number of nitrogens with zero attached hydrogens (tertiary/aromatic N) is 2. The predicted molar refractivity (Wildman–Crippen MR) is 54.6 cm³/mol. The van der Waals surface area contributed by atoms with Gasteiger partial charge in [-0.25, -0.2) is 0 Å². The Kier molecular flexibility index (Phi) is 4.54. The maximum atomic E-state index is 4.14. The standard InChI is InChI=1S/C10H19N3/c1-3-5-10(2)11-7-9-13-8-4-6-12-13/h4,6,8,10-11H,3,5,7,9H2,1-2H3. The summed E-state index contributed by atoms with van der Waals surface area (Å²) in [7, 11) is 0. The highest BCUT2D eigenvalue weighted by atomic mass is 15.3. The number of aromatic nitrogens is 2. The SMILES string of the molecule is CCCC(C)NCCn1cccn1. The molecule has 0 saturated carbocycles. The van der Waals surface area contributed by atoms with Crippen molar-refractivity contribution in [3.63, 3.8) is 0 Å². The molecule has 0 aliphatic rings. The molecule has 1 unspecified atom stereocenters. The molecule has 3 nitrogen and oxygen atoms in total. The molecular formula is C10H19N3. The highest BCUT2D eigenvalue weighted by Crippen LogP contribution is 1.94. The quantitative estimate of drug-likeness (QED) is 0.723. The highest BCUT2D eigenvalue weighted by Gasteiger charge is 1.98. The lowest BCUT2D eigenvalue weighted by molar-refractivity contribution is 0.472. The van der Waals surface area contributed by atoms with Crippen LogP contribution in [0.5, 0.6) is 0 Å². The molecule has 1 N–H and O–H groups in total. The van der Waals surface area contributed by atoms with Gasteiger partial charge in [0, 0.05) is 25.0 Å². The van der Waals surface area contributed by atoms with E-state index in [1.54, 1.807) is 0 Å². The molecule has 1 heterocycles. The van der Waals surface area contributed by atoms with Gasteiger partial charge in [-0.05, 0) is 19.4 Å². The van der Waals surface area contributed by atoms with Gasteiger partial charge in [0.05, 0.1) is 6.54 Å². The molecule has 0 fully saturated rings. The summed E-state index contributed by atoms with van der Waals surface area (Å²) < 4.78 is 1.95. The van der Waals surface area contributed by atoms with Crippen molar-refractivity contribution in [3.8, 4) is 0 Å². The maximum Gasteiger partial charge on any atom is 0.0534 e. The van der Waals surface area contributed by atoms with Crippen LogP contribution in [-0.2, 0) is 6.54 Å². The lowest BCUT2D eigenvalue weighted by Gasteiger charge is -2.12. The zero-order valence-electron chi connectivity index (χ0n) is 8.53. The topological polar surface area (TPSA) is 29.9 Å². The van der Waals surface area contributed by atoms with E-state index in [1.807, 2.05) is 23.1 Å². The van der Waals surface area contributed by atoms with Crippen molar-refractivity contribution in [2.75, 3.05) is 6.54 Å². The van der Waals surface area contributed by atoms with Crippen LogP contribution in [0.3, 0.4) is 0 Å². The minimum absolute atomic E-state index is 0.626. The molecule has 0 aromatic carbocycles. The summed E-state index contributed by atoms with van der Waals surface area (Å²) in [5, 5.41) is 7.60. The van der Waals surface area contributed by atoms with Crippen molar-refractivity contribution >= 4 is 0 Å². The molecule has 0 aliphatic heterocycles. The van der Waals surface area contributed by atoms with Gasteiger partial charge in [0.15, 0.2) is 0 Å². The second-order valence-electron chi connectivity index (χ2n) is 3.41. The molecule has 0 saturated heterocycles. The molecule has 13 heavy (non-hydrogen) atoms. The van der Waals surface area contributed by atoms with E-state index in [0.717, 1.165) is 13.1 Å². The molecule has 74 valence electrons. The Morgan fingerprint density at radius 2 is 2.38 bits per heavy atom. The monoisotopic (exact) mass is 181 g/mol. The van der Waals surface area contributed by atoms with Gasteiger partial charge < -0.3 is 5.32 Å². The predicted octanol–water partition coefficient (Wildman–Crippen LogP) is 1.66. The summed E-state index contributed by atoms with van der Waals surface area (Å²) in [6.45, 7) is 6.40. The van der Waals surface area contributed by atoms with Crippen molar-refractivity contribution < 1.29 is 0 Å². The van der Waals surface area contributed by atoms with Gasteiger partial charge in [-0.3, -0.25) is 4.68 Å². The summed E-state index contributed by atoms with van der Waals surface area (Å²) in [4.78, 5) is 0. The number of hydrogen-bond acceptors (Lipinski definition) is 2. The van der Waals surface area contributed by atoms with Crippen LogP contribution in [0.1, 0.15) is 26.7 Å². The number of hydrogen-bond donors (Lipinski definition) is 1. The van der Waals surface area contributed by atoms with Gasteiger partial charge in [0.1, 0.15) is 0 Å². The van der Waals surface area contributed by atoms with Crippen LogP contribution in [0.25, 0.3) is 0 Å². The summed E-state index contributed by atoms with van der Waals surface area (Å²) in [6, 6.07) is 2.58. The summed E-state index contributed by atoms with van der Waals surface area (Å²) in [5.41, 5.74) is 0. The fourth-order valence-electron chi connectivity index (χ4n) is 1.39. The van der Waals surface area contributed by atoms with Crippen molar-refractivity contribution in [3.05, 3.63) is 18.5 Å². The van der Waals surface area contributed by atoms with Crippen molar-refractivity contribution in [2.24, 2.45) is 0 Å². The van der Waals surface area contributed by atoms with Crippen molar-refractivity contribution in [1.29, 1.82) is 0 Å². The number of nitrogens with one attached hydrogen (secondary N) is 1. The van der Waals surface area contributed by atoms with Crippen LogP contribution in [0.4, 0.5) is 0 Å². The average Bonchev–Trinajstić information content (AvgIpc) is 2.57. The van der Waals surface area contributed by atoms with E-state index in [4.69, 9.17) is 0 Å². The smallest absolute Gasteiger partial charge is 0.0534 e. The lowest BCUT2D eigenvalue weighted by Crippen LogP contribution is -2.29. The minimum atomic E-state index is 0.626. The van der Waals surface area contributed by atoms with Gasteiger partial charge in [-0.15, -0.1) is 0 Å². The first-order valence-electron chi connectivity index (χ1n) is 5.03. The molecular weight excluding hydrogens is 162 g/mol. The van der Waals surface area contributed by atoms with Gasteiger partial charge in [0.2, 0.25) is 0 Å². The Morgan fingerprint density at radius 3 is 3.00 bits per heavy atom. The zero-order valence-corrected chi connectivity index (χ0v) is 8.53. The van der Waals surface area contributed by atoms with Gasteiger partial charge >= 0.3 is 0 Å².